The fraction of sp³-hybridized carbons (Fsp3) is 0.250. The Labute approximate surface area is 120 Å². The van der Waals surface area contributed by atoms with Gasteiger partial charge in [-0.05, 0) is 25.1 Å². The van der Waals surface area contributed by atoms with Gasteiger partial charge in [0.2, 0.25) is 5.91 Å². The van der Waals surface area contributed by atoms with Gasteiger partial charge in [-0.3, -0.25) is 4.79 Å². The quantitative estimate of drug-likeness (QED) is 0.881. The van der Waals surface area contributed by atoms with Crippen LogP contribution in [0, 0.1) is 0 Å². The molecule has 1 N–H and O–H groups in total. The maximum absolute atomic E-state index is 12.0. The molecular weight excluding hydrogens is 284 g/mol. The zero-order valence-corrected chi connectivity index (χ0v) is 12.1. The van der Waals surface area contributed by atoms with Crippen molar-refractivity contribution in [2.75, 3.05) is 5.32 Å². The number of halogens is 1. The number of nitrogens with one attached hydrogen (secondary N) is 1. The molecule has 0 radical (unpaired) electrons. The highest BCUT2D eigenvalue weighted by molar-refractivity contribution is 8.00. The van der Waals surface area contributed by atoms with Gasteiger partial charge in [0.05, 0.1) is 5.25 Å². The van der Waals surface area contributed by atoms with Gasteiger partial charge in [-0.25, -0.2) is 0 Å². The zero-order chi connectivity index (χ0) is 13.8. The third kappa shape index (κ3) is 3.71. The molecule has 1 atom stereocenters. The van der Waals surface area contributed by atoms with E-state index in [4.69, 9.17) is 11.6 Å². The lowest BCUT2D eigenvalue weighted by molar-refractivity contribution is -0.115. The van der Waals surface area contributed by atoms with Crippen LogP contribution in [-0.4, -0.2) is 25.9 Å². The van der Waals surface area contributed by atoms with Gasteiger partial charge >= 0.3 is 0 Å². The summed E-state index contributed by atoms with van der Waals surface area (Å²) in [6, 6.07) is 7.05. The first-order valence-corrected chi connectivity index (χ1v) is 6.89. The highest BCUT2D eigenvalue weighted by Crippen LogP contribution is 2.22. The van der Waals surface area contributed by atoms with E-state index in [1.54, 1.807) is 35.2 Å². The minimum atomic E-state index is -0.276. The van der Waals surface area contributed by atoms with Gasteiger partial charge in [-0.15, -0.1) is 10.2 Å². The van der Waals surface area contributed by atoms with Crippen LogP contribution in [-0.2, 0) is 11.8 Å². The first-order valence-electron chi connectivity index (χ1n) is 5.63. The maximum Gasteiger partial charge on any atom is 0.237 e. The van der Waals surface area contributed by atoms with Crippen LogP contribution < -0.4 is 5.32 Å². The van der Waals surface area contributed by atoms with Crippen LogP contribution in [0.2, 0.25) is 5.02 Å². The van der Waals surface area contributed by atoms with Gasteiger partial charge in [0, 0.05) is 17.8 Å². The number of aryl methyl sites for hydroxylation is 1. The van der Waals surface area contributed by atoms with Crippen LogP contribution in [0.5, 0.6) is 0 Å². The second-order valence-electron chi connectivity index (χ2n) is 3.98. The lowest BCUT2D eigenvalue weighted by Crippen LogP contribution is -2.22. The molecule has 0 aliphatic heterocycles. The summed E-state index contributed by atoms with van der Waals surface area (Å²) in [5.74, 6) is -0.102. The molecule has 7 heteroatoms. The topological polar surface area (TPSA) is 59.8 Å². The molecule has 0 bridgehead atoms. The first-order chi connectivity index (χ1) is 9.06. The molecular formula is C12H13ClN4OS. The van der Waals surface area contributed by atoms with E-state index < -0.39 is 0 Å². The van der Waals surface area contributed by atoms with E-state index in [0.29, 0.717) is 15.9 Å². The van der Waals surface area contributed by atoms with E-state index in [-0.39, 0.29) is 11.2 Å². The summed E-state index contributed by atoms with van der Waals surface area (Å²) in [5, 5.41) is 11.5. The molecule has 19 heavy (non-hydrogen) atoms. The average Bonchev–Trinajstić information content (AvgIpc) is 2.75. The van der Waals surface area contributed by atoms with Crippen molar-refractivity contribution in [2.45, 2.75) is 17.3 Å². The number of nitrogens with zero attached hydrogens (tertiary/aromatic N) is 3. The van der Waals surface area contributed by atoms with Crippen LogP contribution in [0.3, 0.4) is 0 Å². The summed E-state index contributed by atoms with van der Waals surface area (Å²) >= 11 is 7.22. The summed E-state index contributed by atoms with van der Waals surface area (Å²) in [6.07, 6.45) is 1.60. The second kappa shape index (κ2) is 6.08. The van der Waals surface area contributed by atoms with Gasteiger partial charge in [-0.2, -0.15) is 0 Å². The highest BCUT2D eigenvalue weighted by atomic mass is 35.5. The van der Waals surface area contributed by atoms with Gasteiger partial charge in [0.1, 0.15) is 6.33 Å². The Morgan fingerprint density at radius 2 is 2.32 bits per heavy atom. The summed E-state index contributed by atoms with van der Waals surface area (Å²) in [5.41, 5.74) is 0.683. The number of thioether (sulfide) groups is 1. The third-order valence-corrected chi connectivity index (χ3v) is 3.80. The molecule has 0 aliphatic carbocycles. The Bertz CT molecular complexity index is 587. The molecule has 0 spiro atoms. The van der Waals surface area contributed by atoms with Gasteiger partial charge in [0.25, 0.3) is 0 Å². The predicted octanol–water partition coefficient (Wildman–Crippen LogP) is 2.59. The van der Waals surface area contributed by atoms with E-state index >= 15 is 0 Å². The van der Waals surface area contributed by atoms with Crippen LogP contribution in [0.1, 0.15) is 6.92 Å². The molecule has 0 aliphatic rings. The molecule has 5 nitrogen and oxygen atoms in total. The molecule has 0 saturated heterocycles. The van der Waals surface area contributed by atoms with Crippen molar-refractivity contribution in [1.29, 1.82) is 0 Å². The monoisotopic (exact) mass is 296 g/mol. The van der Waals surface area contributed by atoms with Crippen LogP contribution >= 0.6 is 23.4 Å². The van der Waals surface area contributed by atoms with Crippen molar-refractivity contribution in [3.63, 3.8) is 0 Å². The molecule has 2 rings (SSSR count). The number of hydrogen-bond acceptors (Lipinski definition) is 4. The number of rotatable bonds is 4. The fourth-order valence-corrected chi connectivity index (χ4v) is 2.38. The van der Waals surface area contributed by atoms with Crippen molar-refractivity contribution < 1.29 is 4.79 Å². The Morgan fingerprint density at radius 3 is 2.95 bits per heavy atom. The van der Waals surface area contributed by atoms with Gasteiger partial charge in [0.15, 0.2) is 5.16 Å². The van der Waals surface area contributed by atoms with Crippen LogP contribution in [0.4, 0.5) is 5.69 Å². The smallest absolute Gasteiger partial charge is 0.237 e. The lowest BCUT2D eigenvalue weighted by atomic mass is 10.3. The molecule has 1 aromatic carbocycles. The van der Waals surface area contributed by atoms with Crippen molar-refractivity contribution in [2.24, 2.45) is 7.05 Å². The number of aromatic nitrogens is 3. The summed E-state index contributed by atoms with van der Waals surface area (Å²) in [4.78, 5) is 12.0. The van der Waals surface area contributed by atoms with Gasteiger partial charge < -0.3 is 9.88 Å². The normalized spacial score (nSPS) is 12.2. The van der Waals surface area contributed by atoms with Crippen molar-refractivity contribution in [1.82, 2.24) is 14.8 Å². The average molecular weight is 297 g/mol. The number of amides is 1. The Morgan fingerprint density at radius 1 is 1.53 bits per heavy atom. The first kappa shape index (κ1) is 13.9. The third-order valence-electron chi connectivity index (χ3n) is 2.41. The summed E-state index contributed by atoms with van der Waals surface area (Å²) in [7, 11) is 1.84. The Balaban J connectivity index is 1.98. The van der Waals surface area contributed by atoms with Crippen LogP contribution in [0.25, 0.3) is 0 Å². The van der Waals surface area contributed by atoms with E-state index in [0.717, 1.165) is 0 Å². The number of benzene rings is 1. The zero-order valence-electron chi connectivity index (χ0n) is 10.5. The van der Waals surface area contributed by atoms with Crippen molar-refractivity contribution >= 4 is 35.0 Å². The number of carbonyl (C=O) groups excluding carboxylic acids is 1. The molecule has 1 amide bonds. The van der Waals surface area contributed by atoms with Crippen LogP contribution in [0.15, 0.2) is 35.7 Å². The Kier molecular flexibility index (Phi) is 4.44. The standard InChI is InChI=1S/C12H13ClN4OS/c1-8(19-12-16-14-7-17(12)2)11(18)15-10-5-3-4-9(13)6-10/h3-8H,1-2H3,(H,15,18)/t8-/m1/s1. The van der Waals surface area contributed by atoms with Gasteiger partial charge in [-0.1, -0.05) is 29.4 Å². The second-order valence-corrected chi connectivity index (χ2v) is 5.73. The molecule has 1 heterocycles. The minimum Gasteiger partial charge on any atom is -0.325 e. The number of anilines is 1. The predicted molar refractivity (Wildman–Crippen MR) is 76.4 cm³/mol. The maximum atomic E-state index is 12.0. The highest BCUT2D eigenvalue weighted by Gasteiger charge is 2.17. The van der Waals surface area contributed by atoms with Crippen molar-refractivity contribution in [3.05, 3.63) is 35.6 Å². The largest absolute Gasteiger partial charge is 0.325 e. The SMILES string of the molecule is C[C@@H](Sc1nncn1C)C(=O)Nc1cccc(Cl)c1. The van der Waals surface area contributed by atoms with E-state index in [2.05, 4.69) is 15.5 Å². The van der Waals surface area contributed by atoms with E-state index in [1.807, 2.05) is 14.0 Å². The van der Waals surface area contributed by atoms with E-state index in [1.165, 1.54) is 11.8 Å². The fourth-order valence-electron chi connectivity index (χ4n) is 1.40. The molecule has 0 unspecified atom stereocenters. The Hall–Kier alpha value is -1.53. The molecule has 100 valence electrons. The molecule has 0 saturated carbocycles. The van der Waals surface area contributed by atoms with Crippen molar-refractivity contribution in [3.8, 4) is 0 Å². The summed E-state index contributed by atoms with van der Waals surface area (Å²) < 4.78 is 1.77. The molecule has 0 fully saturated rings. The lowest BCUT2D eigenvalue weighted by Gasteiger charge is -2.11. The summed E-state index contributed by atoms with van der Waals surface area (Å²) in [6.45, 7) is 1.82. The minimum absolute atomic E-state index is 0.102. The number of hydrogen-bond donors (Lipinski definition) is 1. The number of carbonyl (C=O) groups is 1. The van der Waals surface area contributed by atoms with E-state index in [9.17, 15) is 4.79 Å². The molecule has 1 aromatic heterocycles. The molecule has 2 aromatic rings.